The van der Waals surface area contributed by atoms with Crippen LogP contribution in [0.3, 0.4) is 0 Å². The lowest BCUT2D eigenvalue weighted by molar-refractivity contribution is 0.102. The van der Waals surface area contributed by atoms with Crippen LogP contribution in [0.2, 0.25) is 0 Å². The molecule has 0 aliphatic heterocycles. The van der Waals surface area contributed by atoms with Crippen LogP contribution in [-0.2, 0) is 12.8 Å². The van der Waals surface area contributed by atoms with E-state index in [1.54, 1.807) is 0 Å². The summed E-state index contributed by atoms with van der Waals surface area (Å²) in [5, 5.41) is 3.02. The van der Waals surface area contributed by atoms with Crippen molar-refractivity contribution in [2.24, 2.45) is 0 Å². The number of hydrogen-bond donors (Lipinski definition) is 1. The van der Waals surface area contributed by atoms with Gasteiger partial charge in [0.2, 0.25) is 0 Å². The molecule has 20 heavy (non-hydrogen) atoms. The lowest BCUT2D eigenvalue weighted by atomic mass is 10.0. The van der Waals surface area contributed by atoms with Gasteiger partial charge in [0.15, 0.2) is 0 Å². The van der Waals surface area contributed by atoms with E-state index in [1.165, 1.54) is 24.0 Å². The quantitative estimate of drug-likeness (QED) is 0.872. The van der Waals surface area contributed by atoms with Crippen LogP contribution in [0.1, 0.15) is 39.0 Å². The average molecular weight is 265 g/mol. The zero-order valence-electron chi connectivity index (χ0n) is 12.0. The molecule has 0 atom stereocenters. The van der Waals surface area contributed by atoms with E-state index in [1.807, 2.05) is 38.1 Å². The van der Waals surface area contributed by atoms with Gasteiger partial charge in [-0.15, -0.1) is 0 Å². The monoisotopic (exact) mass is 265 g/mol. The Bertz CT molecular complexity index is 673. The Kier molecular flexibility index (Phi) is 3.31. The summed E-state index contributed by atoms with van der Waals surface area (Å²) in [4.78, 5) is 12.4. The van der Waals surface area contributed by atoms with Gasteiger partial charge in [-0.1, -0.05) is 18.2 Å². The average Bonchev–Trinajstić information content (AvgIpc) is 2.89. The molecule has 2 aromatic carbocycles. The van der Waals surface area contributed by atoms with Crippen LogP contribution in [0.5, 0.6) is 0 Å². The topological polar surface area (TPSA) is 29.1 Å². The molecule has 0 saturated carbocycles. The number of nitrogens with one attached hydrogen (secondary N) is 1. The molecule has 0 saturated heterocycles. The van der Waals surface area contributed by atoms with Crippen molar-refractivity contribution in [3.8, 4) is 0 Å². The van der Waals surface area contributed by atoms with Gasteiger partial charge in [0.25, 0.3) is 5.91 Å². The molecule has 1 aliphatic rings. The molecule has 2 aromatic rings. The number of carbonyl (C=O) groups excluding carboxylic acids is 1. The molecule has 0 spiro atoms. The molecule has 2 nitrogen and oxygen atoms in total. The van der Waals surface area contributed by atoms with Crippen molar-refractivity contribution in [1.29, 1.82) is 0 Å². The van der Waals surface area contributed by atoms with Crippen LogP contribution in [0.25, 0.3) is 0 Å². The number of carbonyl (C=O) groups is 1. The van der Waals surface area contributed by atoms with Crippen molar-refractivity contribution in [3.63, 3.8) is 0 Å². The third-order valence-corrected chi connectivity index (χ3v) is 4.21. The summed E-state index contributed by atoms with van der Waals surface area (Å²) >= 11 is 0. The summed E-state index contributed by atoms with van der Waals surface area (Å²) in [5.74, 6) is -0.0239. The van der Waals surface area contributed by atoms with Gasteiger partial charge in [0, 0.05) is 11.3 Å². The van der Waals surface area contributed by atoms with Crippen molar-refractivity contribution < 1.29 is 4.79 Å². The summed E-state index contributed by atoms with van der Waals surface area (Å²) in [7, 11) is 0. The van der Waals surface area contributed by atoms with Crippen molar-refractivity contribution >= 4 is 11.6 Å². The predicted molar refractivity (Wildman–Crippen MR) is 82.3 cm³/mol. The lowest BCUT2D eigenvalue weighted by Crippen LogP contribution is -2.14. The second kappa shape index (κ2) is 5.12. The highest BCUT2D eigenvalue weighted by atomic mass is 16.1. The van der Waals surface area contributed by atoms with Gasteiger partial charge in [-0.3, -0.25) is 4.79 Å². The van der Waals surface area contributed by atoms with Crippen LogP contribution in [0, 0.1) is 13.8 Å². The Balaban J connectivity index is 1.84. The highest BCUT2D eigenvalue weighted by Gasteiger charge is 2.13. The first-order valence-corrected chi connectivity index (χ1v) is 7.14. The van der Waals surface area contributed by atoms with E-state index in [2.05, 4.69) is 17.4 Å². The summed E-state index contributed by atoms with van der Waals surface area (Å²) in [5.41, 5.74) is 6.65. The van der Waals surface area contributed by atoms with Crippen LogP contribution >= 0.6 is 0 Å². The van der Waals surface area contributed by atoms with Gasteiger partial charge >= 0.3 is 0 Å². The summed E-state index contributed by atoms with van der Waals surface area (Å²) < 4.78 is 0. The minimum atomic E-state index is -0.0239. The number of amides is 1. The largest absolute Gasteiger partial charge is 0.322 e. The van der Waals surface area contributed by atoms with E-state index in [0.717, 1.165) is 28.8 Å². The standard InChI is InChI=1S/C18H19NO/c1-12-5-3-8-17(13(12)2)18(20)19-16-10-9-14-6-4-7-15(14)11-16/h3,5,8-11H,4,6-7H2,1-2H3,(H,19,20). The fourth-order valence-corrected chi connectivity index (χ4v) is 2.85. The van der Waals surface area contributed by atoms with Gasteiger partial charge in [-0.25, -0.2) is 0 Å². The molecule has 0 aromatic heterocycles. The normalized spacial score (nSPS) is 13.1. The van der Waals surface area contributed by atoms with Gasteiger partial charge in [-0.05, 0) is 73.6 Å². The lowest BCUT2D eigenvalue weighted by Gasteiger charge is -2.10. The molecule has 102 valence electrons. The Labute approximate surface area is 119 Å². The van der Waals surface area contributed by atoms with E-state index >= 15 is 0 Å². The van der Waals surface area contributed by atoms with Crippen molar-refractivity contribution in [3.05, 3.63) is 64.2 Å². The molecule has 0 radical (unpaired) electrons. The Morgan fingerprint density at radius 3 is 2.70 bits per heavy atom. The number of anilines is 1. The van der Waals surface area contributed by atoms with Crippen LogP contribution in [-0.4, -0.2) is 5.91 Å². The Morgan fingerprint density at radius 2 is 1.85 bits per heavy atom. The first kappa shape index (κ1) is 12.9. The minimum absolute atomic E-state index is 0.0239. The van der Waals surface area contributed by atoms with E-state index in [4.69, 9.17) is 0 Å². The Hall–Kier alpha value is -2.09. The Morgan fingerprint density at radius 1 is 1.05 bits per heavy atom. The number of fused-ring (bicyclic) bond motifs is 1. The van der Waals surface area contributed by atoms with Gasteiger partial charge in [0.1, 0.15) is 0 Å². The number of rotatable bonds is 2. The number of hydrogen-bond acceptors (Lipinski definition) is 1. The van der Waals surface area contributed by atoms with Crippen LogP contribution < -0.4 is 5.32 Å². The third kappa shape index (κ3) is 2.34. The van der Waals surface area contributed by atoms with Crippen molar-refractivity contribution in [1.82, 2.24) is 0 Å². The zero-order valence-corrected chi connectivity index (χ0v) is 12.0. The second-order valence-corrected chi connectivity index (χ2v) is 5.54. The number of aryl methyl sites for hydroxylation is 3. The van der Waals surface area contributed by atoms with E-state index < -0.39 is 0 Å². The van der Waals surface area contributed by atoms with E-state index in [0.29, 0.717) is 0 Å². The molecular formula is C18H19NO. The van der Waals surface area contributed by atoms with Gasteiger partial charge < -0.3 is 5.32 Å². The van der Waals surface area contributed by atoms with Crippen molar-refractivity contribution in [2.45, 2.75) is 33.1 Å². The maximum absolute atomic E-state index is 12.4. The molecule has 2 heteroatoms. The van der Waals surface area contributed by atoms with Crippen molar-refractivity contribution in [2.75, 3.05) is 5.32 Å². The molecule has 0 unspecified atom stereocenters. The molecule has 1 aliphatic carbocycles. The number of benzene rings is 2. The van der Waals surface area contributed by atoms with Crippen LogP contribution in [0.4, 0.5) is 5.69 Å². The molecule has 1 amide bonds. The minimum Gasteiger partial charge on any atom is -0.322 e. The fourth-order valence-electron chi connectivity index (χ4n) is 2.85. The first-order valence-electron chi connectivity index (χ1n) is 7.14. The molecule has 1 N–H and O–H groups in total. The smallest absolute Gasteiger partial charge is 0.255 e. The van der Waals surface area contributed by atoms with E-state index in [9.17, 15) is 4.79 Å². The fraction of sp³-hybridized carbons (Fsp3) is 0.278. The highest BCUT2D eigenvalue weighted by Crippen LogP contribution is 2.25. The molecular weight excluding hydrogens is 246 g/mol. The molecule has 0 bridgehead atoms. The zero-order chi connectivity index (χ0) is 14.1. The molecule has 0 heterocycles. The molecule has 3 rings (SSSR count). The first-order chi connectivity index (χ1) is 9.65. The highest BCUT2D eigenvalue weighted by molar-refractivity contribution is 6.05. The maximum atomic E-state index is 12.4. The summed E-state index contributed by atoms with van der Waals surface area (Å²) in [6.45, 7) is 4.02. The third-order valence-electron chi connectivity index (χ3n) is 4.21. The van der Waals surface area contributed by atoms with Gasteiger partial charge in [0.05, 0.1) is 0 Å². The second-order valence-electron chi connectivity index (χ2n) is 5.54. The van der Waals surface area contributed by atoms with Gasteiger partial charge in [-0.2, -0.15) is 0 Å². The molecule has 0 fully saturated rings. The maximum Gasteiger partial charge on any atom is 0.255 e. The SMILES string of the molecule is Cc1cccc(C(=O)Nc2ccc3c(c2)CCC3)c1C. The summed E-state index contributed by atoms with van der Waals surface area (Å²) in [6.07, 6.45) is 3.52. The summed E-state index contributed by atoms with van der Waals surface area (Å²) in [6, 6.07) is 12.1. The van der Waals surface area contributed by atoms with Crippen LogP contribution in [0.15, 0.2) is 36.4 Å². The predicted octanol–water partition coefficient (Wildman–Crippen LogP) is 4.04. The van der Waals surface area contributed by atoms with E-state index in [-0.39, 0.29) is 5.91 Å².